The number of nitrogens with one attached hydrogen (secondary N) is 2. The number of nitrogens with zero attached hydrogens (tertiary/aromatic N) is 2. The first kappa shape index (κ1) is 19.6. The Morgan fingerprint density at radius 3 is 2.59 bits per heavy atom. The van der Waals surface area contributed by atoms with E-state index in [-0.39, 0.29) is 24.4 Å². The lowest BCUT2D eigenvalue weighted by Gasteiger charge is -2.36. The molecule has 3 rings (SSSR count). The predicted molar refractivity (Wildman–Crippen MR) is 98.5 cm³/mol. The molecule has 0 aliphatic carbocycles. The number of benzene rings is 1. The molecule has 2 saturated heterocycles. The number of β-amino-alcohol motifs (C(OH)–C–C–N with tert-alkyl or cyclic N) is 1. The lowest BCUT2D eigenvalue weighted by atomic mass is 9.97. The molecule has 1 aromatic carbocycles. The van der Waals surface area contributed by atoms with Crippen molar-refractivity contribution in [2.75, 3.05) is 45.9 Å². The molecule has 0 spiro atoms. The average Bonchev–Trinajstić information content (AvgIpc) is 2.68. The Bertz CT molecular complexity index is 647. The molecular weight excluding hydrogens is 351 g/mol. The van der Waals surface area contributed by atoms with Crippen LogP contribution in [0.25, 0.3) is 0 Å². The van der Waals surface area contributed by atoms with Crippen LogP contribution in [0.4, 0.5) is 9.18 Å². The van der Waals surface area contributed by atoms with Gasteiger partial charge in [0, 0.05) is 26.2 Å². The summed E-state index contributed by atoms with van der Waals surface area (Å²) < 4.78 is 13.2. The molecule has 0 radical (unpaired) electrons. The molecule has 3 amide bonds. The Balaban J connectivity index is 1.57. The number of hydrogen-bond donors (Lipinski definition) is 3. The number of halogens is 1. The molecule has 8 heteroatoms. The van der Waals surface area contributed by atoms with Crippen molar-refractivity contribution >= 4 is 11.9 Å². The van der Waals surface area contributed by atoms with E-state index in [1.54, 1.807) is 12.1 Å². The summed E-state index contributed by atoms with van der Waals surface area (Å²) in [5.74, 6) is -0.231. The van der Waals surface area contributed by atoms with Crippen LogP contribution in [0.3, 0.4) is 0 Å². The molecule has 0 saturated carbocycles. The van der Waals surface area contributed by atoms with E-state index in [4.69, 9.17) is 5.11 Å². The fourth-order valence-electron chi connectivity index (χ4n) is 3.75. The zero-order valence-electron chi connectivity index (χ0n) is 15.4. The molecule has 2 fully saturated rings. The number of carbonyl (C=O) groups excluding carboxylic acids is 2. The van der Waals surface area contributed by atoms with Crippen molar-refractivity contribution in [2.24, 2.45) is 5.92 Å². The van der Waals surface area contributed by atoms with Crippen LogP contribution in [0.1, 0.15) is 24.4 Å². The Kier molecular flexibility index (Phi) is 6.63. The van der Waals surface area contributed by atoms with Gasteiger partial charge in [-0.05, 0) is 49.5 Å². The van der Waals surface area contributed by atoms with E-state index in [1.165, 1.54) is 17.0 Å². The summed E-state index contributed by atoms with van der Waals surface area (Å²) in [7, 11) is 0. The third-order valence-corrected chi connectivity index (χ3v) is 5.32. The van der Waals surface area contributed by atoms with Gasteiger partial charge in [-0.2, -0.15) is 0 Å². The van der Waals surface area contributed by atoms with Crippen molar-refractivity contribution in [1.29, 1.82) is 0 Å². The van der Waals surface area contributed by atoms with Crippen molar-refractivity contribution in [3.8, 4) is 0 Å². The maximum Gasteiger partial charge on any atom is 0.318 e. The zero-order valence-corrected chi connectivity index (χ0v) is 15.4. The van der Waals surface area contributed by atoms with Crippen molar-refractivity contribution in [1.82, 2.24) is 20.4 Å². The fraction of sp³-hybridized carbons (Fsp3) is 0.579. The number of aliphatic hydroxyl groups excluding tert-OH is 1. The van der Waals surface area contributed by atoms with Crippen molar-refractivity contribution in [2.45, 2.75) is 18.9 Å². The molecule has 148 valence electrons. The quantitative estimate of drug-likeness (QED) is 0.705. The number of carbonyl (C=O) groups is 2. The van der Waals surface area contributed by atoms with Gasteiger partial charge in [-0.3, -0.25) is 4.79 Å². The highest BCUT2D eigenvalue weighted by Gasteiger charge is 2.34. The van der Waals surface area contributed by atoms with Gasteiger partial charge in [-0.15, -0.1) is 0 Å². The maximum atomic E-state index is 13.2. The van der Waals surface area contributed by atoms with E-state index < -0.39 is 6.04 Å². The molecular formula is C19H27FN4O3. The van der Waals surface area contributed by atoms with Crippen molar-refractivity contribution in [3.05, 3.63) is 35.6 Å². The van der Waals surface area contributed by atoms with Crippen LogP contribution in [-0.2, 0) is 4.79 Å². The number of amides is 3. The van der Waals surface area contributed by atoms with Crippen LogP contribution in [0, 0.1) is 11.7 Å². The van der Waals surface area contributed by atoms with E-state index in [0.717, 1.165) is 25.9 Å². The van der Waals surface area contributed by atoms with E-state index in [2.05, 4.69) is 15.5 Å². The standard InChI is InChI=1S/C19H27FN4O3/c20-16-3-1-15(2-4-16)17-18(26)21-7-10-24(17)19(27)22-13-14-5-8-23(9-6-14)11-12-25/h1-4,14,17,25H,5-13H2,(H,21,26)(H,22,27)/t17-/m1/s1. The largest absolute Gasteiger partial charge is 0.395 e. The van der Waals surface area contributed by atoms with Gasteiger partial charge in [0.05, 0.1) is 6.61 Å². The minimum atomic E-state index is -0.745. The summed E-state index contributed by atoms with van der Waals surface area (Å²) in [6, 6.07) is 4.67. The van der Waals surface area contributed by atoms with Gasteiger partial charge in [0.25, 0.3) is 0 Å². The van der Waals surface area contributed by atoms with Crippen LogP contribution in [0.15, 0.2) is 24.3 Å². The van der Waals surface area contributed by atoms with Gasteiger partial charge in [0.15, 0.2) is 0 Å². The first-order valence-corrected chi connectivity index (χ1v) is 9.49. The zero-order chi connectivity index (χ0) is 19.2. The summed E-state index contributed by atoms with van der Waals surface area (Å²) in [5.41, 5.74) is 0.598. The average molecular weight is 378 g/mol. The van der Waals surface area contributed by atoms with Gasteiger partial charge >= 0.3 is 6.03 Å². The van der Waals surface area contributed by atoms with E-state index >= 15 is 0 Å². The number of urea groups is 1. The lowest BCUT2D eigenvalue weighted by Crippen LogP contribution is -2.55. The molecule has 2 aliphatic rings. The van der Waals surface area contributed by atoms with Gasteiger partial charge in [0.1, 0.15) is 11.9 Å². The lowest BCUT2D eigenvalue weighted by molar-refractivity contribution is -0.127. The van der Waals surface area contributed by atoms with Gasteiger partial charge in [0.2, 0.25) is 5.91 Å². The van der Waals surface area contributed by atoms with Gasteiger partial charge < -0.3 is 25.5 Å². The van der Waals surface area contributed by atoms with Crippen molar-refractivity contribution < 1.29 is 19.1 Å². The summed E-state index contributed by atoms with van der Waals surface area (Å²) in [6.07, 6.45) is 1.95. The summed E-state index contributed by atoms with van der Waals surface area (Å²) >= 11 is 0. The molecule has 7 nitrogen and oxygen atoms in total. The fourth-order valence-corrected chi connectivity index (χ4v) is 3.75. The molecule has 2 heterocycles. The van der Waals surface area contributed by atoms with Crippen LogP contribution in [-0.4, -0.2) is 72.7 Å². The highest BCUT2D eigenvalue weighted by molar-refractivity contribution is 5.89. The molecule has 2 aliphatic heterocycles. The highest BCUT2D eigenvalue weighted by Crippen LogP contribution is 2.24. The Hall–Kier alpha value is -2.19. The number of piperazine rings is 1. The summed E-state index contributed by atoms with van der Waals surface area (Å²) in [5, 5.41) is 14.7. The molecule has 0 unspecified atom stereocenters. The minimum Gasteiger partial charge on any atom is -0.395 e. The smallest absolute Gasteiger partial charge is 0.318 e. The number of piperidine rings is 1. The van der Waals surface area contributed by atoms with Crippen LogP contribution in [0.5, 0.6) is 0 Å². The first-order valence-electron chi connectivity index (χ1n) is 9.49. The SMILES string of the molecule is O=C1NCCN(C(=O)NCC2CCN(CCO)CC2)[C@@H]1c1ccc(F)cc1. The second-order valence-electron chi connectivity index (χ2n) is 7.13. The minimum absolute atomic E-state index is 0.170. The van der Waals surface area contributed by atoms with E-state index in [1.807, 2.05) is 0 Å². The monoisotopic (exact) mass is 378 g/mol. The third-order valence-electron chi connectivity index (χ3n) is 5.32. The number of aliphatic hydroxyl groups is 1. The van der Waals surface area contributed by atoms with E-state index in [0.29, 0.717) is 37.7 Å². The predicted octanol–water partition coefficient (Wildman–Crippen LogP) is 0.713. The van der Waals surface area contributed by atoms with Crippen LogP contribution in [0.2, 0.25) is 0 Å². The van der Waals surface area contributed by atoms with Crippen molar-refractivity contribution in [3.63, 3.8) is 0 Å². The molecule has 27 heavy (non-hydrogen) atoms. The van der Waals surface area contributed by atoms with E-state index in [9.17, 15) is 14.0 Å². The summed E-state index contributed by atoms with van der Waals surface area (Å²) in [6.45, 7) is 4.10. The topological polar surface area (TPSA) is 84.9 Å². The number of likely N-dealkylation sites (tertiary alicyclic amines) is 1. The second kappa shape index (κ2) is 9.14. The van der Waals surface area contributed by atoms with Crippen LogP contribution >= 0.6 is 0 Å². The highest BCUT2D eigenvalue weighted by atomic mass is 19.1. The number of hydrogen-bond acceptors (Lipinski definition) is 4. The first-order chi connectivity index (χ1) is 13.1. The Morgan fingerprint density at radius 1 is 1.22 bits per heavy atom. The van der Waals surface area contributed by atoms with Gasteiger partial charge in [-0.1, -0.05) is 12.1 Å². The Labute approximate surface area is 158 Å². The Morgan fingerprint density at radius 2 is 1.93 bits per heavy atom. The molecule has 3 N–H and O–H groups in total. The third kappa shape index (κ3) is 4.95. The molecule has 1 aromatic rings. The number of rotatable bonds is 5. The molecule has 0 bridgehead atoms. The van der Waals surface area contributed by atoms with Gasteiger partial charge in [-0.25, -0.2) is 9.18 Å². The second-order valence-corrected chi connectivity index (χ2v) is 7.13. The molecule has 0 aromatic heterocycles. The summed E-state index contributed by atoms with van der Waals surface area (Å²) in [4.78, 5) is 28.8. The molecule has 1 atom stereocenters. The normalized spacial score (nSPS) is 21.8. The maximum absolute atomic E-state index is 13.2. The van der Waals surface area contributed by atoms with Crippen LogP contribution < -0.4 is 10.6 Å².